The van der Waals surface area contributed by atoms with Gasteiger partial charge in [0.2, 0.25) is 0 Å². The molecule has 1 nitrogen and oxygen atoms in total. The maximum Gasteiger partial charge on any atom is 0.416 e. The van der Waals surface area contributed by atoms with E-state index in [1.807, 2.05) is 0 Å². The van der Waals surface area contributed by atoms with Gasteiger partial charge >= 0.3 is 12.4 Å². The Bertz CT molecular complexity index is 415. The summed E-state index contributed by atoms with van der Waals surface area (Å²) in [5.74, 6) is -0.832. The molecule has 7 heteroatoms. The fraction of sp³-hybridized carbons (Fsp3) is 0.364. The maximum absolute atomic E-state index is 12.2. The molecule has 1 aromatic rings. The molecule has 1 aromatic carbocycles. The van der Waals surface area contributed by atoms with Gasteiger partial charge < -0.3 is 0 Å². The van der Waals surface area contributed by atoms with E-state index in [-0.39, 0.29) is 5.56 Å². The molecule has 0 spiro atoms. The lowest BCUT2D eigenvalue weighted by molar-refractivity contribution is -0.137. The first-order valence-corrected chi connectivity index (χ1v) is 4.87. The van der Waals surface area contributed by atoms with Gasteiger partial charge in [0.25, 0.3) is 0 Å². The van der Waals surface area contributed by atoms with Crippen LogP contribution in [0.5, 0.6) is 0 Å². The Morgan fingerprint density at radius 3 is 1.83 bits per heavy atom. The molecule has 0 bridgehead atoms. The molecule has 0 unspecified atom stereocenters. The van der Waals surface area contributed by atoms with Crippen LogP contribution in [0.25, 0.3) is 0 Å². The zero-order chi connectivity index (χ0) is 14.0. The van der Waals surface area contributed by atoms with E-state index < -0.39 is 36.5 Å². The zero-order valence-electron chi connectivity index (χ0n) is 8.90. The highest BCUT2D eigenvalue weighted by molar-refractivity contribution is 5.96. The van der Waals surface area contributed by atoms with E-state index in [9.17, 15) is 31.1 Å². The number of rotatable bonds is 3. The van der Waals surface area contributed by atoms with Crippen LogP contribution in [0.3, 0.4) is 0 Å². The van der Waals surface area contributed by atoms with Crippen molar-refractivity contribution in [2.75, 3.05) is 0 Å². The first kappa shape index (κ1) is 14.5. The largest absolute Gasteiger partial charge is 0.416 e. The average molecular weight is 270 g/mol. The van der Waals surface area contributed by atoms with Gasteiger partial charge in [-0.25, -0.2) is 0 Å². The molecular weight excluding hydrogens is 262 g/mol. The third kappa shape index (κ3) is 4.38. The van der Waals surface area contributed by atoms with E-state index in [1.54, 1.807) is 0 Å². The van der Waals surface area contributed by atoms with Crippen molar-refractivity contribution in [1.82, 2.24) is 0 Å². The molecule has 0 saturated carbocycles. The minimum absolute atomic E-state index is 0.160. The molecule has 0 aliphatic carbocycles. The Balaban J connectivity index is 2.71. The van der Waals surface area contributed by atoms with Gasteiger partial charge in [-0.2, -0.15) is 26.3 Å². The molecule has 0 aliphatic heterocycles. The standard InChI is InChI=1S/C11H8F6O/c12-10(13,14)6-5-9(18)7-1-3-8(4-2-7)11(15,16)17/h1-4H,5-6H2. The fourth-order valence-electron chi connectivity index (χ4n) is 1.24. The normalized spacial score (nSPS) is 12.6. The maximum atomic E-state index is 12.2. The van der Waals surface area contributed by atoms with Gasteiger partial charge in [0, 0.05) is 12.0 Å². The summed E-state index contributed by atoms with van der Waals surface area (Å²) < 4.78 is 72.1. The molecule has 0 aromatic heterocycles. The quantitative estimate of drug-likeness (QED) is 0.593. The van der Waals surface area contributed by atoms with Crippen molar-refractivity contribution in [3.63, 3.8) is 0 Å². The van der Waals surface area contributed by atoms with Crippen LogP contribution in [0, 0.1) is 0 Å². The molecule has 0 N–H and O–H groups in total. The zero-order valence-corrected chi connectivity index (χ0v) is 8.90. The van der Waals surface area contributed by atoms with E-state index in [2.05, 4.69) is 0 Å². The van der Waals surface area contributed by atoms with Crippen molar-refractivity contribution in [2.45, 2.75) is 25.2 Å². The topological polar surface area (TPSA) is 17.1 Å². The molecule has 0 aliphatic rings. The minimum atomic E-state index is -4.53. The van der Waals surface area contributed by atoms with Crippen LogP contribution in [0.2, 0.25) is 0 Å². The molecule has 1 rings (SSSR count). The van der Waals surface area contributed by atoms with Gasteiger partial charge in [0.05, 0.1) is 12.0 Å². The summed E-state index contributed by atoms with van der Waals surface area (Å²) in [7, 11) is 0. The molecular formula is C11H8F6O. The number of hydrogen-bond acceptors (Lipinski definition) is 1. The highest BCUT2D eigenvalue weighted by Crippen LogP contribution is 2.29. The highest BCUT2D eigenvalue weighted by atomic mass is 19.4. The van der Waals surface area contributed by atoms with Gasteiger partial charge in [0.1, 0.15) is 0 Å². The predicted molar refractivity (Wildman–Crippen MR) is 51.1 cm³/mol. The number of carbonyl (C=O) groups is 1. The third-order valence-electron chi connectivity index (χ3n) is 2.17. The van der Waals surface area contributed by atoms with E-state index >= 15 is 0 Å². The number of ketones is 1. The monoisotopic (exact) mass is 270 g/mol. The summed E-state index contributed by atoms with van der Waals surface area (Å²) in [6.45, 7) is 0. The molecule has 0 saturated heterocycles. The summed E-state index contributed by atoms with van der Waals surface area (Å²) in [5.41, 5.74) is -1.11. The Morgan fingerprint density at radius 2 is 1.44 bits per heavy atom. The molecule has 100 valence electrons. The molecule has 18 heavy (non-hydrogen) atoms. The molecule has 0 heterocycles. The SMILES string of the molecule is O=C(CCC(F)(F)F)c1ccc(C(F)(F)F)cc1. The molecule has 0 fully saturated rings. The number of halogens is 6. The second-order valence-corrected chi connectivity index (χ2v) is 3.61. The van der Waals surface area contributed by atoms with Gasteiger partial charge in [-0.1, -0.05) is 12.1 Å². The van der Waals surface area contributed by atoms with Gasteiger partial charge in [0.15, 0.2) is 5.78 Å². The lowest BCUT2D eigenvalue weighted by Gasteiger charge is -2.08. The average Bonchev–Trinajstić information content (AvgIpc) is 2.24. The highest BCUT2D eigenvalue weighted by Gasteiger charge is 2.31. The van der Waals surface area contributed by atoms with Crippen LogP contribution >= 0.6 is 0 Å². The third-order valence-corrected chi connectivity index (χ3v) is 2.17. The van der Waals surface area contributed by atoms with E-state index in [0.29, 0.717) is 12.1 Å². The Hall–Kier alpha value is -1.53. The van der Waals surface area contributed by atoms with Crippen molar-refractivity contribution in [2.24, 2.45) is 0 Å². The fourth-order valence-corrected chi connectivity index (χ4v) is 1.24. The van der Waals surface area contributed by atoms with Crippen molar-refractivity contribution in [3.8, 4) is 0 Å². The van der Waals surface area contributed by atoms with Crippen molar-refractivity contribution < 1.29 is 31.1 Å². The summed E-state index contributed by atoms with van der Waals surface area (Å²) in [6.07, 6.45) is -11.0. The minimum Gasteiger partial charge on any atom is -0.294 e. The summed E-state index contributed by atoms with van der Waals surface area (Å²) in [5, 5.41) is 0. The lowest BCUT2D eigenvalue weighted by atomic mass is 10.0. The van der Waals surface area contributed by atoms with Crippen molar-refractivity contribution >= 4 is 5.78 Å². The second-order valence-electron chi connectivity index (χ2n) is 3.61. The van der Waals surface area contributed by atoms with Crippen LogP contribution < -0.4 is 0 Å². The van der Waals surface area contributed by atoms with Crippen LogP contribution in [0.15, 0.2) is 24.3 Å². The van der Waals surface area contributed by atoms with E-state index in [4.69, 9.17) is 0 Å². The first-order valence-electron chi connectivity index (χ1n) is 4.87. The van der Waals surface area contributed by atoms with Crippen LogP contribution in [0.4, 0.5) is 26.3 Å². The van der Waals surface area contributed by atoms with Gasteiger partial charge in [-0.05, 0) is 12.1 Å². The Kier molecular flexibility index (Phi) is 4.03. The number of alkyl halides is 6. The predicted octanol–water partition coefficient (Wildman–Crippen LogP) is 4.23. The first-order chi connectivity index (χ1) is 8.09. The second kappa shape index (κ2) is 4.99. The molecule has 0 amide bonds. The van der Waals surface area contributed by atoms with Gasteiger partial charge in [-0.3, -0.25) is 4.79 Å². The number of Topliss-reactive ketones (excluding diaryl/α,β-unsaturated/α-hetero) is 1. The van der Waals surface area contributed by atoms with Crippen LogP contribution in [0.1, 0.15) is 28.8 Å². The summed E-state index contributed by atoms with van der Waals surface area (Å²) in [6, 6.07) is 3.09. The number of benzene rings is 1. The van der Waals surface area contributed by atoms with Crippen molar-refractivity contribution in [3.05, 3.63) is 35.4 Å². The smallest absolute Gasteiger partial charge is 0.294 e. The van der Waals surface area contributed by atoms with Gasteiger partial charge in [-0.15, -0.1) is 0 Å². The number of carbonyl (C=O) groups excluding carboxylic acids is 1. The van der Waals surface area contributed by atoms with Crippen LogP contribution in [-0.2, 0) is 6.18 Å². The van der Waals surface area contributed by atoms with Crippen LogP contribution in [-0.4, -0.2) is 12.0 Å². The Labute approximate surface area is 98.4 Å². The lowest BCUT2D eigenvalue weighted by Crippen LogP contribution is -2.11. The van der Waals surface area contributed by atoms with E-state index in [0.717, 1.165) is 12.1 Å². The Morgan fingerprint density at radius 1 is 0.944 bits per heavy atom. The summed E-state index contributed by atoms with van der Waals surface area (Å²) >= 11 is 0. The molecule has 0 radical (unpaired) electrons. The van der Waals surface area contributed by atoms with E-state index in [1.165, 1.54) is 0 Å². The van der Waals surface area contributed by atoms with Crippen molar-refractivity contribution in [1.29, 1.82) is 0 Å². The molecule has 0 atom stereocenters. The number of hydrogen-bond donors (Lipinski definition) is 0. The summed E-state index contributed by atoms with van der Waals surface area (Å²) in [4.78, 5) is 11.3.